The van der Waals surface area contributed by atoms with Crippen molar-refractivity contribution >= 4 is 15.9 Å². The van der Waals surface area contributed by atoms with Gasteiger partial charge in [-0.2, -0.15) is 0 Å². The summed E-state index contributed by atoms with van der Waals surface area (Å²) in [7, 11) is 1.72. The van der Waals surface area contributed by atoms with Crippen LogP contribution in [-0.4, -0.2) is 19.7 Å². The molecule has 0 spiro atoms. The van der Waals surface area contributed by atoms with Gasteiger partial charge in [-0.3, -0.25) is 0 Å². The number of hydrogen-bond acceptors (Lipinski definition) is 2. The molecule has 1 aromatic carbocycles. The highest BCUT2D eigenvalue weighted by Crippen LogP contribution is 2.29. The van der Waals surface area contributed by atoms with Crippen molar-refractivity contribution in [3.63, 3.8) is 0 Å². The molecule has 2 nitrogen and oxygen atoms in total. The normalized spacial score (nSPS) is 20.1. The molecule has 1 unspecified atom stereocenters. The average molecular weight is 284 g/mol. The summed E-state index contributed by atoms with van der Waals surface area (Å²) < 4.78 is 6.38. The van der Waals surface area contributed by atoms with Crippen LogP contribution in [0, 0.1) is 6.92 Å². The van der Waals surface area contributed by atoms with Crippen LogP contribution in [0.5, 0.6) is 5.75 Å². The molecule has 1 saturated heterocycles. The van der Waals surface area contributed by atoms with E-state index in [1.54, 1.807) is 7.11 Å². The fourth-order valence-electron chi connectivity index (χ4n) is 2.27. The summed E-state index contributed by atoms with van der Waals surface area (Å²) >= 11 is 3.51. The first-order chi connectivity index (χ1) is 7.70. The molecule has 2 rings (SSSR count). The Morgan fingerprint density at radius 2 is 2.31 bits per heavy atom. The number of benzene rings is 1. The van der Waals surface area contributed by atoms with Gasteiger partial charge in [0.1, 0.15) is 5.75 Å². The number of ether oxygens (including phenoxy) is 1. The molecule has 3 heteroatoms. The van der Waals surface area contributed by atoms with E-state index in [1.165, 1.54) is 24.0 Å². The van der Waals surface area contributed by atoms with E-state index in [4.69, 9.17) is 4.74 Å². The Kier molecular flexibility index (Phi) is 3.87. The fourth-order valence-corrected chi connectivity index (χ4v) is 2.89. The molecule has 1 aliphatic rings. The molecule has 1 aromatic rings. The zero-order valence-electron chi connectivity index (χ0n) is 9.85. The Labute approximate surface area is 106 Å². The van der Waals surface area contributed by atoms with Crippen molar-refractivity contribution in [3.05, 3.63) is 27.7 Å². The van der Waals surface area contributed by atoms with Crippen LogP contribution in [0.2, 0.25) is 0 Å². The first-order valence-corrected chi connectivity index (χ1v) is 6.56. The lowest BCUT2D eigenvalue weighted by Gasteiger charge is -2.14. The highest BCUT2D eigenvalue weighted by atomic mass is 79.9. The lowest BCUT2D eigenvalue weighted by molar-refractivity contribution is 0.411. The second-order valence-corrected chi connectivity index (χ2v) is 5.26. The minimum absolute atomic E-state index is 0.643. The third kappa shape index (κ3) is 2.58. The van der Waals surface area contributed by atoms with Crippen molar-refractivity contribution in [1.29, 1.82) is 0 Å². The van der Waals surface area contributed by atoms with Crippen LogP contribution in [0.3, 0.4) is 0 Å². The van der Waals surface area contributed by atoms with Gasteiger partial charge >= 0.3 is 0 Å². The molecular formula is C13H18BrNO. The van der Waals surface area contributed by atoms with Crippen LogP contribution in [0.1, 0.15) is 24.0 Å². The standard InChI is InChI=1S/C13H18BrNO/c1-9-6-12(14)13(16-2)8-10(9)7-11-4-3-5-15-11/h6,8,11,15H,3-5,7H2,1-2H3. The van der Waals surface area contributed by atoms with E-state index < -0.39 is 0 Å². The van der Waals surface area contributed by atoms with Crippen molar-refractivity contribution < 1.29 is 4.74 Å². The van der Waals surface area contributed by atoms with E-state index in [1.807, 2.05) is 0 Å². The molecule has 0 radical (unpaired) electrons. The van der Waals surface area contributed by atoms with Gasteiger partial charge in [0.2, 0.25) is 0 Å². The Balaban J connectivity index is 2.18. The Bertz CT molecular complexity index is 372. The van der Waals surface area contributed by atoms with E-state index >= 15 is 0 Å². The predicted molar refractivity (Wildman–Crippen MR) is 70.2 cm³/mol. The number of halogens is 1. The van der Waals surface area contributed by atoms with Gasteiger partial charge < -0.3 is 10.1 Å². The van der Waals surface area contributed by atoms with Crippen LogP contribution < -0.4 is 10.1 Å². The van der Waals surface area contributed by atoms with Gasteiger partial charge in [0, 0.05) is 6.04 Å². The van der Waals surface area contributed by atoms with Gasteiger partial charge in [-0.05, 0) is 71.9 Å². The topological polar surface area (TPSA) is 21.3 Å². The van der Waals surface area contributed by atoms with Gasteiger partial charge in [0.05, 0.1) is 11.6 Å². The molecule has 0 amide bonds. The van der Waals surface area contributed by atoms with Crippen LogP contribution in [-0.2, 0) is 6.42 Å². The van der Waals surface area contributed by atoms with Crippen LogP contribution in [0.25, 0.3) is 0 Å². The maximum Gasteiger partial charge on any atom is 0.133 e. The zero-order chi connectivity index (χ0) is 11.5. The second-order valence-electron chi connectivity index (χ2n) is 4.41. The number of aryl methyl sites for hydroxylation is 1. The highest BCUT2D eigenvalue weighted by molar-refractivity contribution is 9.10. The van der Waals surface area contributed by atoms with E-state index in [0.717, 1.165) is 23.2 Å². The molecule has 1 heterocycles. The van der Waals surface area contributed by atoms with E-state index in [-0.39, 0.29) is 0 Å². The number of nitrogens with one attached hydrogen (secondary N) is 1. The molecule has 1 fully saturated rings. The Morgan fingerprint density at radius 3 is 2.94 bits per heavy atom. The molecule has 16 heavy (non-hydrogen) atoms. The lowest BCUT2D eigenvalue weighted by Crippen LogP contribution is -2.24. The second kappa shape index (κ2) is 5.19. The van der Waals surface area contributed by atoms with Gasteiger partial charge in [-0.1, -0.05) is 0 Å². The monoisotopic (exact) mass is 283 g/mol. The van der Waals surface area contributed by atoms with Gasteiger partial charge in [0.15, 0.2) is 0 Å². The smallest absolute Gasteiger partial charge is 0.133 e. The molecule has 0 aromatic heterocycles. The summed E-state index contributed by atoms with van der Waals surface area (Å²) in [5, 5.41) is 3.53. The minimum atomic E-state index is 0.643. The Morgan fingerprint density at radius 1 is 1.50 bits per heavy atom. The van der Waals surface area contributed by atoms with Crippen LogP contribution in [0.15, 0.2) is 16.6 Å². The number of methoxy groups -OCH3 is 1. The van der Waals surface area contributed by atoms with Crippen LogP contribution in [0.4, 0.5) is 0 Å². The molecule has 1 N–H and O–H groups in total. The van der Waals surface area contributed by atoms with E-state index in [0.29, 0.717) is 6.04 Å². The molecule has 1 atom stereocenters. The van der Waals surface area contributed by atoms with Gasteiger partial charge in [-0.15, -0.1) is 0 Å². The summed E-state index contributed by atoms with van der Waals surface area (Å²) in [5.74, 6) is 0.929. The molecule has 1 aliphatic heterocycles. The maximum atomic E-state index is 5.34. The maximum absolute atomic E-state index is 5.34. The molecule has 0 bridgehead atoms. The van der Waals surface area contributed by atoms with Crippen molar-refractivity contribution in [3.8, 4) is 5.75 Å². The van der Waals surface area contributed by atoms with Gasteiger partial charge in [0.25, 0.3) is 0 Å². The molecule has 88 valence electrons. The summed E-state index contributed by atoms with van der Waals surface area (Å²) in [4.78, 5) is 0. The van der Waals surface area contributed by atoms with Crippen molar-refractivity contribution in [2.75, 3.05) is 13.7 Å². The molecule has 0 aliphatic carbocycles. The fraction of sp³-hybridized carbons (Fsp3) is 0.538. The highest BCUT2D eigenvalue weighted by Gasteiger charge is 2.16. The van der Waals surface area contributed by atoms with Crippen molar-refractivity contribution in [2.45, 2.75) is 32.2 Å². The summed E-state index contributed by atoms with van der Waals surface area (Å²) in [6.45, 7) is 3.33. The van der Waals surface area contributed by atoms with E-state index in [2.05, 4.69) is 40.3 Å². The first kappa shape index (κ1) is 11.9. The lowest BCUT2D eigenvalue weighted by atomic mass is 10.00. The largest absolute Gasteiger partial charge is 0.496 e. The summed E-state index contributed by atoms with van der Waals surface area (Å²) in [6.07, 6.45) is 3.70. The number of hydrogen-bond donors (Lipinski definition) is 1. The van der Waals surface area contributed by atoms with Crippen LogP contribution >= 0.6 is 15.9 Å². The van der Waals surface area contributed by atoms with Gasteiger partial charge in [-0.25, -0.2) is 0 Å². The first-order valence-electron chi connectivity index (χ1n) is 5.77. The zero-order valence-corrected chi connectivity index (χ0v) is 11.4. The van der Waals surface area contributed by atoms with Crippen molar-refractivity contribution in [1.82, 2.24) is 5.32 Å². The summed E-state index contributed by atoms with van der Waals surface area (Å²) in [5.41, 5.74) is 2.72. The summed E-state index contributed by atoms with van der Waals surface area (Å²) in [6, 6.07) is 4.94. The Hall–Kier alpha value is -0.540. The third-order valence-electron chi connectivity index (χ3n) is 3.24. The SMILES string of the molecule is COc1cc(CC2CCCN2)c(C)cc1Br. The quantitative estimate of drug-likeness (QED) is 0.921. The van der Waals surface area contributed by atoms with Crippen molar-refractivity contribution in [2.24, 2.45) is 0 Å². The number of rotatable bonds is 3. The predicted octanol–water partition coefficient (Wildman–Crippen LogP) is 3.06. The minimum Gasteiger partial charge on any atom is -0.496 e. The van der Waals surface area contributed by atoms with E-state index in [9.17, 15) is 0 Å². The molecular weight excluding hydrogens is 266 g/mol. The molecule has 0 saturated carbocycles. The average Bonchev–Trinajstić information content (AvgIpc) is 2.75. The third-order valence-corrected chi connectivity index (χ3v) is 3.86.